The van der Waals surface area contributed by atoms with E-state index >= 15 is 0 Å². The highest BCUT2D eigenvalue weighted by Crippen LogP contribution is 2.28. The van der Waals surface area contributed by atoms with Gasteiger partial charge >= 0.3 is 0 Å². The molecule has 3 aromatic carbocycles. The number of benzene rings is 3. The number of rotatable bonds is 11. The van der Waals surface area contributed by atoms with E-state index < -0.39 is 34.1 Å². The first kappa shape index (κ1) is 30.9. The molecule has 0 radical (unpaired) electrons. The van der Waals surface area contributed by atoms with Crippen LogP contribution < -0.4 is 9.62 Å². The molecule has 0 unspecified atom stereocenters. The fourth-order valence-electron chi connectivity index (χ4n) is 4.67. The van der Waals surface area contributed by atoms with Crippen molar-refractivity contribution in [2.24, 2.45) is 0 Å². The Kier molecular flexibility index (Phi) is 10.1. The lowest BCUT2D eigenvalue weighted by Crippen LogP contribution is -2.55. The molecular weight excluding hydrogens is 522 g/mol. The summed E-state index contributed by atoms with van der Waals surface area (Å²) in [5, 5.41) is 3.00. The third-order valence-corrected chi connectivity index (χ3v) is 8.34. The van der Waals surface area contributed by atoms with Crippen molar-refractivity contribution in [3.63, 3.8) is 0 Å². The van der Waals surface area contributed by atoms with Crippen LogP contribution >= 0.6 is 0 Å². The van der Waals surface area contributed by atoms with Gasteiger partial charge in [0.15, 0.2) is 0 Å². The molecule has 0 saturated heterocycles. The summed E-state index contributed by atoms with van der Waals surface area (Å²) in [5.74, 6) is -0.731. The number of sulfonamides is 1. The van der Waals surface area contributed by atoms with Crippen LogP contribution in [0.15, 0.2) is 83.8 Å². The lowest BCUT2D eigenvalue weighted by molar-refractivity contribution is -0.141. The minimum Gasteiger partial charge on any atom is -0.350 e. The van der Waals surface area contributed by atoms with E-state index in [1.54, 1.807) is 30.3 Å². The summed E-state index contributed by atoms with van der Waals surface area (Å²) >= 11 is 0. The second kappa shape index (κ2) is 13.1. The first-order chi connectivity index (χ1) is 18.9. The maximum Gasteiger partial charge on any atom is 0.264 e. The number of aryl methyl sites for hydroxylation is 2. The number of nitrogens with zero attached hydrogens (tertiary/aromatic N) is 2. The van der Waals surface area contributed by atoms with Crippen molar-refractivity contribution < 1.29 is 18.0 Å². The first-order valence-corrected chi connectivity index (χ1v) is 15.1. The van der Waals surface area contributed by atoms with Crippen molar-refractivity contribution in [1.82, 2.24) is 10.2 Å². The van der Waals surface area contributed by atoms with Gasteiger partial charge < -0.3 is 10.2 Å². The molecule has 7 nitrogen and oxygen atoms in total. The number of nitrogens with one attached hydrogen (secondary N) is 1. The van der Waals surface area contributed by atoms with Crippen LogP contribution in [0.2, 0.25) is 0 Å². The van der Waals surface area contributed by atoms with Crippen LogP contribution in [-0.2, 0) is 32.6 Å². The van der Waals surface area contributed by atoms with Gasteiger partial charge in [-0.2, -0.15) is 0 Å². The van der Waals surface area contributed by atoms with Gasteiger partial charge in [-0.15, -0.1) is 0 Å². The third kappa shape index (κ3) is 7.72. The maximum absolute atomic E-state index is 14.2. The second-order valence-electron chi connectivity index (χ2n) is 11.0. The number of hydrogen-bond donors (Lipinski definition) is 1. The minimum atomic E-state index is -4.09. The molecule has 0 aliphatic rings. The van der Waals surface area contributed by atoms with Crippen LogP contribution in [0.5, 0.6) is 0 Å². The Hall–Kier alpha value is -3.65. The van der Waals surface area contributed by atoms with Gasteiger partial charge in [-0.1, -0.05) is 80.1 Å². The fourth-order valence-corrected chi connectivity index (χ4v) is 6.14. The van der Waals surface area contributed by atoms with Crippen molar-refractivity contribution in [3.05, 3.63) is 95.6 Å². The van der Waals surface area contributed by atoms with E-state index in [1.807, 2.05) is 77.9 Å². The Labute approximate surface area is 239 Å². The molecule has 0 aliphatic heterocycles. The quantitative estimate of drug-likeness (QED) is 0.335. The highest BCUT2D eigenvalue weighted by molar-refractivity contribution is 7.92. The summed E-state index contributed by atoms with van der Waals surface area (Å²) in [6.45, 7) is 11.2. The van der Waals surface area contributed by atoms with E-state index in [-0.39, 0.29) is 17.3 Å². The average Bonchev–Trinajstić information content (AvgIpc) is 2.91. The number of amides is 2. The van der Waals surface area contributed by atoms with Crippen molar-refractivity contribution in [2.75, 3.05) is 10.8 Å². The van der Waals surface area contributed by atoms with E-state index in [4.69, 9.17) is 0 Å². The highest BCUT2D eigenvalue weighted by atomic mass is 32.2. The molecule has 1 N–H and O–H groups in total. The predicted octanol–water partition coefficient (Wildman–Crippen LogP) is 5.47. The van der Waals surface area contributed by atoms with Crippen molar-refractivity contribution in [1.29, 1.82) is 0 Å². The van der Waals surface area contributed by atoms with E-state index in [9.17, 15) is 18.0 Å². The van der Waals surface area contributed by atoms with Gasteiger partial charge in [0.2, 0.25) is 11.8 Å². The standard InChI is InChI=1S/C32H41N3O4S/c1-7-26-17-12-13-20-29(26)35(40(38,39)27-18-10-9-11-19-27)23-30(36)34(22-25-16-14-15-24(3)21-25)28(8-2)31(37)33-32(4,5)6/h9-21,28H,7-8,22-23H2,1-6H3,(H,33,37)/t28-/m0/s1. The van der Waals surface area contributed by atoms with Crippen LogP contribution in [0.1, 0.15) is 57.7 Å². The average molecular weight is 564 g/mol. The van der Waals surface area contributed by atoms with Gasteiger partial charge in [0.25, 0.3) is 10.0 Å². The largest absolute Gasteiger partial charge is 0.350 e. The lowest BCUT2D eigenvalue weighted by Gasteiger charge is -2.35. The number of para-hydroxylation sites is 1. The van der Waals surface area contributed by atoms with Crippen LogP contribution in [0, 0.1) is 6.92 Å². The Bertz CT molecular complexity index is 1420. The molecule has 2 amide bonds. The monoisotopic (exact) mass is 563 g/mol. The smallest absolute Gasteiger partial charge is 0.264 e. The van der Waals surface area contributed by atoms with Gasteiger partial charge in [0, 0.05) is 12.1 Å². The Balaban J connectivity index is 2.10. The van der Waals surface area contributed by atoms with Crippen molar-refractivity contribution >= 4 is 27.5 Å². The fraction of sp³-hybridized carbons (Fsp3) is 0.375. The molecule has 3 aromatic rings. The van der Waals surface area contributed by atoms with Crippen LogP contribution in [0.4, 0.5) is 5.69 Å². The topological polar surface area (TPSA) is 86.8 Å². The van der Waals surface area contributed by atoms with Gasteiger partial charge in [-0.05, 0) is 69.9 Å². The van der Waals surface area contributed by atoms with Crippen molar-refractivity contribution in [3.8, 4) is 0 Å². The summed E-state index contributed by atoms with van der Waals surface area (Å²) in [6.07, 6.45) is 0.959. The summed E-state index contributed by atoms with van der Waals surface area (Å²) in [6, 6.07) is 22.3. The SMILES string of the molecule is CCc1ccccc1N(CC(=O)N(Cc1cccc(C)c1)[C@@H](CC)C(=O)NC(C)(C)C)S(=O)(=O)c1ccccc1. The molecule has 0 heterocycles. The predicted molar refractivity (Wildman–Crippen MR) is 160 cm³/mol. The third-order valence-electron chi connectivity index (χ3n) is 6.57. The maximum atomic E-state index is 14.2. The molecule has 0 saturated carbocycles. The van der Waals surface area contributed by atoms with E-state index in [0.717, 1.165) is 16.7 Å². The molecule has 1 atom stereocenters. The van der Waals surface area contributed by atoms with Crippen LogP contribution in [-0.4, -0.2) is 43.3 Å². The van der Waals surface area contributed by atoms with E-state index in [1.165, 1.54) is 21.3 Å². The molecule has 214 valence electrons. The second-order valence-corrected chi connectivity index (χ2v) is 12.8. The van der Waals surface area contributed by atoms with Gasteiger partial charge in [-0.25, -0.2) is 8.42 Å². The zero-order valence-electron chi connectivity index (χ0n) is 24.3. The van der Waals surface area contributed by atoms with E-state index in [0.29, 0.717) is 18.5 Å². The molecular formula is C32H41N3O4S. The van der Waals surface area contributed by atoms with Gasteiger partial charge in [-0.3, -0.25) is 13.9 Å². The van der Waals surface area contributed by atoms with E-state index in [2.05, 4.69) is 5.32 Å². The normalized spacial score (nSPS) is 12.4. The molecule has 0 aliphatic carbocycles. The number of carbonyl (C=O) groups excluding carboxylic acids is 2. The van der Waals surface area contributed by atoms with Crippen molar-refractivity contribution in [2.45, 2.75) is 77.4 Å². The van der Waals surface area contributed by atoms with Gasteiger partial charge in [0.05, 0.1) is 10.6 Å². The number of carbonyl (C=O) groups is 2. The molecule has 40 heavy (non-hydrogen) atoms. The summed E-state index contributed by atoms with van der Waals surface area (Å²) in [4.78, 5) is 29.2. The zero-order chi connectivity index (χ0) is 29.5. The minimum absolute atomic E-state index is 0.0939. The Morgan fingerprint density at radius 3 is 2.15 bits per heavy atom. The zero-order valence-corrected chi connectivity index (χ0v) is 25.2. The molecule has 0 spiro atoms. The number of anilines is 1. The number of hydrogen-bond acceptors (Lipinski definition) is 4. The molecule has 0 aromatic heterocycles. The summed E-state index contributed by atoms with van der Waals surface area (Å²) in [5.41, 5.74) is 2.65. The molecule has 0 bridgehead atoms. The Morgan fingerprint density at radius 1 is 0.900 bits per heavy atom. The lowest BCUT2D eigenvalue weighted by atomic mass is 10.0. The molecule has 0 fully saturated rings. The highest BCUT2D eigenvalue weighted by Gasteiger charge is 2.35. The van der Waals surface area contributed by atoms with Gasteiger partial charge in [0.1, 0.15) is 12.6 Å². The van der Waals surface area contributed by atoms with Crippen LogP contribution in [0.25, 0.3) is 0 Å². The summed E-state index contributed by atoms with van der Waals surface area (Å²) < 4.78 is 29.2. The first-order valence-electron chi connectivity index (χ1n) is 13.7. The summed E-state index contributed by atoms with van der Waals surface area (Å²) in [7, 11) is -4.09. The van der Waals surface area contributed by atoms with Crippen LogP contribution in [0.3, 0.4) is 0 Å². The molecule has 3 rings (SSSR count). The molecule has 8 heteroatoms. The Morgan fingerprint density at radius 2 is 1.55 bits per heavy atom.